The van der Waals surface area contributed by atoms with Crippen molar-refractivity contribution < 1.29 is 30.0 Å². The number of rotatable bonds is 6. The largest absolute Gasteiger partial charge is 0.504 e. The fourth-order valence-corrected chi connectivity index (χ4v) is 2.53. The lowest BCUT2D eigenvalue weighted by atomic mass is 10.1. The summed E-state index contributed by atoms with van der Waals surface area (Å²) in [4.78, 5) is 24.3. The van der Waals surface area contributed by atoms with Crippen LogP contribution in [0.15, 0.2) is 70.9 Å². The van der Waals surface area contributed by atoms with Crippen molar-refractivity contribution in [1.82, 2.24) is 10.9 Å². The number of nitrogens with one attached hydrogen (secondary N) is 2. The molecular formula is C22H18N4O6. The van der Waals surface area contributed by atoms with Gasteiger partial charge >= 0.3 is 0 Å². The van der Waals surface area contributed by atoms with E-state index in [1.807, 2.05) is 0 Å². The van der Waals surface area contributed by atoms with Gasteiger partial charge in [0, 0.05) is 22.3 Å². The molecule has 0 bridgehead atoms. The van der Waals surface area contributed by atoms with E-state index in [1.165, 1.54) is 73.1 Å². The molecule has 0 saturated heterocycles. The number of hydrogen-bond donors (Lipinski definition) is 6. The second kappa shape index (κ2) is 9.76. The molecular weight excluding hydrogens is 416 g/mol. The molecule has 0 atom stereocenters. The zero-order valence-electron chi connectivity index (χ0n) is 16.4. The van der Waals surface area contributed by atoms with E-state index in [0.717, 1.165) is 0 Å². The lowest BCUT2D eigenvalue weighted by molar-refractivity contribution is 0.0943. The fourth-order valence-electron chi connectivity index (χ4n) is 2.53. The minimum absolute atomic E-state index is 0.219. The first kappa shape index (κ1) is 21.8. The van der Waals surface area contributed by atoms with Crippen LogP contribution in [0.3, 0.4) is 0 Å². The number of hydrogen-bond acceptors (Lipinski definition) is 8. The molecule has 0 fully saturated rings. The maximum absolute atomic E-state index is 12.2. The van der Waals surface area contributed by atoms with Gasteiger partial charge < -0.3 is 20.4 Å². The van der Waals surface area contributed by atoms with Crippen LogP contribution in [0.25, 0.3) is 0 Å². The van der Waals surface area contributed by atoms with E-state index in [4.69, 9.17) is 0 Å². The number of amides is 2. The van der Waals surface area contributed by atoms with Gasteiger partial charge in [0.05, 0.1) is 12.4 Å². The van der Waals surface area contributed by atoms with Crippen molar-refractivity contribution in [3.63, 3.8) is 0 Å². The van der Waals surface area contributed by atoms with Crippen LogP contribution >= 0.6 is 0 Å². The smallest absolute Gasteiger partial charge is 0.271 e. The Morgan fingerprint density at radius 1 is 0.625 bits per heavy atom. The Balaban J connectivity index is 1.57. The third-order valence-electron chi connectivity index (χ3n) is 4.24. The molecule has 0 saturated carbocycles. The van der Waals surface area contributed by atoms with Crippen LogP contribution in [-0.2, 0) is 0 Å². The van der Waals surface area contributed by atoms with Crippen LogP contribution in [0, 0.1) is 0 Å². The van der Waals surface area contributed by atoms with E-state index in [2.05, 4.69) is 21.1 Å². The molecule has 0 aliphatic heterocycles. The summed E-state index contributed by atoms with van der Waals surface area (Å²) in [7, 11) is 0. The Morgan fingerprint density at radius 2 is 1.00 bits per heavy atom. The van der Waals surface area contributed by atoms with Crippen LogP contribution in [0.5, 0.6) is 23.0 Å². The number of nitrogens with zero attached hydrogens (tertiary/aromatic N) is 2. The summed E-state index contributed by atoms with van der Waals surface area (Å²) in [5.74, 6) is -2.43. The molecule has 10 nitrogen and oxygen atoms in total. The summed E-state index contributed by atoms with van der Waals surface area (Å²) in [5, 5.41) is 45.7. The number of phenolic OH excluding ortho intramolecular Hbond substituents is 4. The number of carbonyl (C=O) groups excluding carboxylic acids is 2. The SMILES string of the molecule is O=C(N/N=C/c1cccc(O)c1O)c1ccc(C(=O)N/N=C/c2cccc(O)c2O)cc1. The van der Waals surface area contributed by atoms with Crippen molar-refractivity contribution in [3.05, 3.63) is 82.9 Å². The Labute approximate surface area is 181 Å². The van der Waals surface area contributed by atoms with Gasteiger partial charge in [-0.1, -0.05) is 12.1 Å². The van der Waals surface area contributed by atoms with Gasteiger partial charge in [-0.15, -0.1) is 0 Å². The van der Waals surface area contributed by atoms with E-state index >= 15 is 0 Å². The van der Waals surface area contributed by atoms with E-state index in [1.54, 1.807) is 0 Å². The summed E-state index contributed by atoms with van der Waals surface area (Å²) in [6.45, 7) is 0. The van der Waals surface area contributed by atoms with Gasteiger partial charge in [0.2, 0.25) is 0 Å². The molecule has 3 aromatic rings. The topological polar surface area (TPSA) is 164 Å². The molecule has 162 valence electrons. The monoisotopic (exact) mass is 434 g/mol. The van der Waals surface area contributed by atoms with Crippen LogP contribution < -0.4 is 10.9 Å². The molecule has 0 aromatic heterocycles. The molecule has 0 heterocycles. The van der Waals surface area contributed by atoms with Gasteiger partial charge in [-0.05, 0) is 48.5 Å². The van der Waals surface area contributed by atoms with Crippen molar-refractivity contribution in [3.8, 4) is 23.0 Å². The predicted octanol–water partition coefficient (Wildman–Crippen LogP) is 2.04. The average molecular weight is 434 g/mol. The lowest BCUT2D eigenvalue weighted by Crippen LogP contribution is -2.19. The Bertz CT molecular complexity index is 1110. The number of phenols is 4. The zero-order chi connectivity index (χ0) is 23.1. The van der Waals surface area contributed by atoms with E-state index < -0.39 is 11.8 Å². The molecule has 0 aliphatic carbocycles. The van der Waals surface area contributed by atoms with Crippen molar-refractivity contribution in [1.29, 1.82) is 0 Å². The van der Waals surface area contributed by atoms with Crippen LogP contribution in [0.2, 0.25) is 0 Å². The summed E-state index contributed by atoms with van der Waals surface area (Å²) in [6, 6.07) is 14.3. The maximum atomic E-state index is 12.2. The molecule has 2 amide bonds. The molecule has 6 N–H and O–H groups in total. The van der Waals surface area contributed by atoms with Gasteiger partial charge in [0.1, 0.15) is 0 Å². The first-order chi connectivity index (χ1) is 15.4. The number of carbonyl (C=O) groups is 2. The quantitative estimate of drug-likeness (QED) is 0.197. The van der Waals surface area contributed by atoms with Crippen LogP contribution in [0.1, 0.15) is 31.8 Å². The Hall–Kier alpha value is -4.86. The second-order valence-electron chi connectivity index (χ2n) is 6.41. The summed E-state index contributed by atoms with van der Waals surface area (Å²) in [5.41, 5.74) is 5.45. The molecule has 0 radical (unpaired) electrons. The molecule has 0 spiro atoms. The zero-order valence-corrected chi connectivity index (χ0v) is 16.4. The highest BCUT2D eigenvalue weighted by atomic mass is 16.3. The highest BCUT2D eigenvalue weighted by molar-refractivity contribution is 5.98. The van der Waals surface area contributed by atoms with Gasteiger partial charge in [-0.3, -0.25) is 9.59 Å². The van der Waals surface area contributed by atoms with Crippen molar-refractivity contribution in [2.24, 2.45) is 10.2 Å². The van der Waals surface area contributed by atoms with Crippen LogP contribution in [0.4, 0.5) is 0 Å². The highest BCUT2D eigenvalue weighted by Gasteiger charge is 2.09. The number of benzene rings is 3. The molecule has 0 unspecified atom stereocenters. The van der Waals surface area contributed by atoms with Gasteiger partial charge in [0.25, 0.3) is 11.8 Å². The molecule has 32 heavy (non-hydrogen) atoms. The van der Waals surface area contributed by atoms with Crippen molar-refractivity contribution >= 4 is 24.2 Å². The van der Waals surface area contributed by atoms with Gasteiger partial charge in [-0.25, -0.2) is 10.9 Å². The summed E-state index contributed by atoms with van der Waals surface area (Å²) in [6.07, 6.45) is 2.36. The third-order valence-corrected chi connectivity index (χ3v) is 4.24. The molecule has 10 heteroatoms. The average Bonchev–Trinajstić information content (AvgIpc) is 2.79. The summed E-state index contributed by atoms with van der Waals surface area (Å²) < 4.78 is 0. The third kappa shape index (κ3) is 5.19. The minimum atomic E-state index is -0.551. The van der Waals surface area contributed by atoms with Gasteiger partial charge in [-0.2, -0.15) is 10.2 Å². The first-order valence-electron chi connectivity index (χ1n) is 9.15. The maximum Gasteiger partial charge on any atom is 0.271 e. The molecule has 3 rings (SSSR count). The normalized spacial score (nSPS) is 11.0. The highest BCUT2D eigenvalue weighted by Crippen LogP contribution is 2.27. The molecule has 3 aromatic carbocycles. The van der Waals surface area contributed by atoms with Crippen LogP contribution in [-0.4, -0.2) is 44.7 Å². The van der Waals surface area contributed by atoms with Crippen molar-refractivity contribution in [2.45, 2.75) is 0 Å². The minimum Gasteiger partial charge on any atom is -0.504 e. The summed E-state index contributed by atoms with van der Waals surface area (Å²) >= 11 is 0. The van der Waals surface area contributed by atoms with E-state index in [0.29, 0.717) is 0 Å². The first-order valence-corrected chi connectivity index (χ1v) is 9.15. The Morgan fingerprint density at radius 3 is 1.38 bits per heavy atom. The fraction of sp³-hybridized carbons (Fsp3) is 0. The standard InChI is InChI=1S/C22H18N4O6/c27-17-5-1-3-15(19(17)29)11-23-25-21(31)13-7-9-14(10-8-13)22(32)26-24-12-16-4-2-6-18(28)20(16)30/h1-12,27-30H,(H,25,31)(H,26,32)/b23-11+,24-12+. The second-order valence-corrected chi connectivity index (χ2v) is 6.41. The van der Waals surface area contributed by atoms with E-state index in [-0.39, 0.29) is 45.3 Å². The van der Waals surface area contributed by atoms with Crippen molar-refractivity contribution in [2.75, 3.05) is 0 Å². The number of aromatic hydroxyl groups is 4. The van der Waals surface area contributed by atoms with Gasteiger partial charge in [0.15, 0.2) is 23.0 Å². The Kier molecular flexibility index (Phi) is 6.66. The van der Waals surface area contributed by atoms with E-state index in [9.17, 15) is 30.0 Å². The predicted molar refractivity (Wildman–Crippen MR) is 116 cm³/mol. The number of hydrazone groups is 2. The number of para-hydroxylation sites is 2. The molecule has 0 aliphatic rings. The lowest BCUT2D eigenvalue weighted by Gasteiger charge is -2.04.